The highest BCUT2D eigenvalue weighted by atomic mass is 32.1. The number of nitrogens with zero attached hydrogens (tertiary/aromatic N) is 1. The maximum Gasteiger partial charge on any atom is 0.341 e. The Morgan fingerprint density at radius 1 is 1.16 bits per heavy atom. The zero-order valence-electron chi connectivity index (χ0n) is 18.4. The van der Waals surface area contributed by atoms with Gasteiger partial charge >= 0.3 is 18.0 Å². The Bertz CT molecular complexity index is 949. The van der Waals surface area contributed by atoms with Gasteiger partial charge in [0.1, 0.15) is 17.1 Å². The quantitative estimate of drug-likeness (QED) is 0.444. The van der Waals surface area contributed by atoms with Crippen molar-refractivity contribution in [1.82, 2.24) is 10.2 Å². The lowest BCUT2D eigenvalue weighted by atomic mass is 9.98. The molecule has 2 fully saturated rings. The van der Waals surface area contributed by atoms with Crippen LogP contribution in [0.3, 0.4) is 0 Å². The highest BCUT2D eigenvalue weighted by Crippen LogP contribution is 2.35. The smallest absolute Gasteiger partial charge is 0.341 e. The third-order valence-electron chi connectivity index (χ3n) is 5.65. The third kappa shape index (κ3) is 4.62. The zero-order valence-corrected chi connectivity index (χ0v) is 19.2. The van der Waals surface area contributed by atoms with Gasteiger partial charge in [-0.1, -0.05) is 19.8 Å². The van der Waals surface area contributed by atoms with Crippen LogP contribution in [0, 0.1) is 6.92 Å². The Morgan fingerprint density at radius 3 is 2.47 bits per heavy atom. The van der Waals surface area contributed by atoms with E-state index in [1.807, 2.05) is 6.92 Å². The number of hydrogen-bond acceptors (Lipinski definition) is 8. The van der Waals surface area contributed by atoms with Gasteiger partial charge in [-0.05, 0) is 38.7 Å². The van der Waals surface area contributed by atoms with E-state index in [-0.39, 0.29) is 12.2 Å². The van der Waals surface area contributed by atoms with Crippen LogP contribution in [0.4, 0.5) is 9.80 Å². The lowest BCUT2D eigenvalue weighted by Crippen LogP contribution is -2.44. The summed E-state index contributed by atoms with van der Waals surface area (Å²) in [5, 5.41) is 5.60. The summed E-state index contributed by atoms with van der Waals surface area (Å²) < 4.78 is 10.0. The number of esters is 2. The van der Waals surface area contributed by atoms with Crippen LogP contribution in [0.5, 0.6) is 0 Å². The van der Waals surface area contributed by atoms with Crippen LogP contribution in [0.15, 0.2) is 0 Å². The topological polar surface area (TPSA) is 131 Å². The second-order valence-electron chi connectivity index (χ2n) is 7.75. The summed E-state index contributed by atoms with van der Waals surface area (Å²) in [4.78, 5) is 63.3. The molecule has 2 aliphatic rings. The van der Waals surface area contributed by atoms with Crippen LogP contribution in [0.25, 0.3) is 0 Å². The summed E-state index contributed by atoms with van der Waals surface area (Å²) in [5.74, 6) is -2.48. The molecule has 2 N–H and O–H groups in total. The van der Waals surface area contributed by atoms with Gasteiger partial charge in [0.15, 0.2) is 6.61 Å². The summed E-state index contributed by atoms with van der Waals surface area (Å²) in [7, 11) is 0. The number of nitrogens with one attached hydrogen (secondary N) is 2. The molecular weight excluding hydrogens is 438 g/mol. The number of thiophene rings is 1. The number of urea groups is 1. The van der Waals surface area contributed by atoms with Gasteiger partial charge in [-0.3, -0.25) is 19.3 Å². The predicted octanol–water partition coefficient (Wildman–Crippen LogP) is 2.14. The van der Waals surface area contributed by atoms with Crippen LogP contribution in [-0.2, 0) is 30.3 Å². The zero-order chi connectivity index (χ0) is 23.5. The monoisotopic (exact) mass is 465 g/mol. The summed E-state index contributed by atoms with van der Waals surface area (Å²) in [5.41, 5.74) is 0.115. The maximum atomic E-state index is 12.6. The van der Waals surface area contributed by atoms with Gasteiger partial charge in [0.2, 0.25) is 0 Å². The molecule has 1 saturated carbocycles. The summed E-state index contributed by atoms with van der Waals surface area (Å²) in [6.45, 7) is 4.43. The summed E-state index contributed by atoms with van der Waals surface area (Å²) in [6, 6.07) is -0.626. The second kappa shape index (κ2) is 9.68. The van der Waals surface area contributed by atoms with E-state index in [2.05, 4.69) is 10.6 Å². The van der Waals surface area contributed by atoms with Crippen molar-refractivity contribution in [1.29, 1.82) is 0 Å². The average molecular weight is 466 g/mol. The first-order valence-electron chi connectivity index (χ1n) is 10.6. The van der Waals surface area contributed by atoms with E-state index in [0.29, 0.717) is 24.3 Å². The van der Waals surface area contributed by atoms with E-state index in [4.69, 9.17) is 9.47 Å². The molecule has 1 aromatic heterocycles. The Labute approximate surface area is 189 Å². The molecule has 1 aliphatic carbocycles. The Morgan fingerprint density at radius 2 is 1.84 bits per heavy atom. The summed E-state index contributed by atoms with van der Waals surface area (Å²) >= 11 is 1.26. The number of carbonyl (C=O) groups excluding carboxylic acids is 5. The summed E-state index contributed by atoms with van der Waals surface area (Å²) in [6.07, 6.45) is 3.45. The molecule has 0 unspecified atom stereocenters. The first kappa shape index (κ1) is 23.7. The van der Waals surface area contributed by atoms with Crippen molar-refractivity contribution in [2.45, 2.75) is 58.4 Å². The number of anilines is 1. The molecule has 0 aromatic carbocycles. The molecular formula is C21H27N3O7S. The lowest BCUT2D eigenvalue weighted by Gasteiger charge is -2.19. The van der Waals surface area contributed by atoms with Crippen LogP contribution in [0.1, 0.15) is 60.3 Å². The highest BCUT2D eigenvalue weighted by molar-refractivity contribution is 7.17. The van der Waals surface area contributed by atoms with Gasteiger partial charge in [-0.25, -0.2) is 9.59 Å². The fourth-order valence-electron chi connectivity index (χ4n) is 4.06. The minimum atomic E-state index is -0.910. The molecule has 0 radical (unpaired) electrons. The molecule has 1 saturated heterocycles. The van der Waals surface area contributed by atoms with Gasteiger partial charge < -0.3 is 20.1 Å². The molecule has 1 aromatic rings. The van der Waals surface area contributed by atoms with Crippen molar-refractivity contribution in [3.63, 3.8) is 0 Å². The van der Waals surface area contributed by atoms with E-state index >= 15 is 0 Å². The standard InChI is InChI=1S/C21H27N3O7S/c1-4-13-12(3)16(18(27)30-5-2)17(32-13)22-14(25)11-31-15(26)10-24-19(28)21(23-20(24)29)8-6-7-9-21/h4-11H2,1-3H3,(H,22,25)(H,23,29). The number of carbonyl (C=O) groups is 5. The number of imide groups is 1. The molecule has 32 heavy (non-hydrogen) atoms. The van der Waals surface area contributed by atoms with E-state index < -0.39 is 48.5 Å². The second-order valence-corrected chi connectivity index (χ2v) is 8.85. The lowest BCUT2D eigenvalue weighted by molar-refractivity contribution is -0.150. The first-order chi connectivity index (χ1) is 15.2. The fourth-order valence-corrected chi connectivity index (χ4v) is 5.20. The van der Waals surface area contributed by atoms with Crippen LogP contribution < -0.4 is 10.6 Å². The van der Waals surface area contributed by atoms with Gasteiger partial charge in [-0.2, -0.15) is 0 Å². The molecule has 0 atom stereocenters. The molecule has 11 heteroatoms. The SMILES string of the molecule is CCOC(=O)c1c(NC(=O)COC(=O)CN2C(=O)NC3(CCCC3)C2=O)sc(CC)c1C. The van der Waals surface area contributed by atoms with E-state index in [1.165, 1.54) is 11.3 Å². The van der Waals surface area contributed by atoms with Crippen molar-refractivity contribution in [2.75, 3.05) is 25.1 Å². The number of ether oxygens (including phenoxy) is 2. The van der Waals surface area contributed by atoms with Crippen LogP contribution in [0.2, 0.25) is 0 Å². The fraction of sp³-hybridized carbons (Fsp3) is 0.571. The molecule has 174 valence electrons. The van der Waals surface area contributed by atoms with E-state index in [1.54, 1.807) is 13.8 Å². The number of rotatable bonds is 8. The van der Waals surface area contributed by atoms with Gasteiger partial charge in [0.05, 0.1) is 12.2 Å². The van der Waals surface area contributed by atoms with E-state index in [0.717, 1.165) is 28.2 Å². The minimum Gasteiger partial charge on any atom is -0.462 e. The van der Waals surface area contributed by atoms with E-state index in [9.17, 15) is 24.0 Å². The third-order valence-corrected chi connectivity index (χ3v) is 7.01. The largest absolute Gasteiger partial charge is 0.462 e. The maximum absolute atomic E-state index is 12.6. The Kier molecular flexibility index (Phi) is 7.17. The average Bonchev–Trinajstić information content (AvgIpc) is 3.40. The molecule has 10 nitrogen and oxygen atoms in total. The Balaban J connectivity index is 1.57. The number of amides is 4. The molecule has 0 bridgehead atoms. The van der Waals surface area contributed by atoms with Crippen molar-refractivity contribution >= 4 is 46.1 Å². The van der Waals surface area contributed by atoms with Gasteiger partial charge in [0.25, 0.3) is 11.8 Å². The highest BCUT2D eigenvalue weighted by Gasteiger charge is 2.52. The van der Waals surface area contributed by atoms with Gasteiger partial charge in [-0.15, -0.1) is 11.3 Å². The molecule has 4 amide bonds. The van der Waals surface area contributed by atoms with Crippen LogP contribution >= 0.6 is 11.3 Å². The first-order valence-corrected chi connectivity index (χ1v) is 11.4. The van der Waals surface area contributed by atoms with Crippen LogP contribution in [-0.4, -0.2) is 60.0 Å². The van der Waals surface area contributed by atoms with Crippen molar-refractivity contribution in [3.05, 3.63) is 16.0 Å². The minimum absolute atomic E-state index is 0.199. The van der Waals surface area contributed by atoms with Crippen molar-refractivity contribution in [2.24, 2.45) is 0 Å². The Hall–Kier alpha value is -2.95. The molecule has 1 spiro atoms. The normalized spacial score (nSPS) is 16.9. The predicted molar refractivity (Wildman–Crippen MR) is 115 cm³/mol. The molecule has 2 heterocycles. The molecule has 3 rings (SSSR count). The number of hydrogen-bond donors (Lipinski definition) is 2. The van der Waals surface area contributed by atoms with Crippen molar-refractivity contribution < 1.29 is 33.4 Å². The molecule has 1 aliphatic heterocycles. The number of aryl methyl sites for hydroxylation is 1. The van der Waals surface area contributed by atoms with Crippen molar-refractivity contribution in [3.8, 4) is 0 Å². The van der Waals surface area contributed by atoms with Gasteiger partial charge in [0, 0.05) is 4.88 Å².